The Bertz CT molecular complexity index is 451. The zero-order valence-electron chi connectivity index (χ0n) is 9.77. The highest BCUT2D eigenvalue weighted by Gasteiger charge is 2.29. The van der Waals surface area contributed by atoms with Crippen LogP contribution < -0.4 is 0 Å². The van der Waals surface area contributed by atoms with Gasteiger partial charge in [0.2, 0.25) is 0 Å². The Morgan fingerprint density at radius 3 is 2.94 bits per heavy atom. The lowest BCUT2D eigenvalue weighted by atomic mass is 10.1. The number of H-pyrrole nitrogens is 1. The Hall–Kier alpha value is -1.51. The molecule has 0 saturated heterocycles. The third kappa shape index (κ3) is 1.47. The lowest BCUT2D eigenvalue weighted by Gasteiger charge is -2.12. The summed E-state index contributed by atoms with van der Waals surface area (Å²) in [6.07, 6.45) is 6.76. The molecule has 2 aromatic rings. The maximum absolute atomic E-state index is 4.40. The molecule has 0 atom stereocenters. The molecule has 1 N–H and O–H groups in total. The number of nitrogens with one attached hydrogen (secondary N) is 1. The van der Waals surface area contributed by atoms with E-state index in [0.717, 1.165) is 0 Å². The zero-order chi connectivity index (χ0) is 11.1. The Morgan fingerprint density at radius 2 is 2.25 bits per heavy atom. The van der Waals surface area contributed by atoms with E-state index >= 15 is 0 Å². The van der Waals surface area contributed by atoms with E-state index in [1.807, 2.05) is 6.20 Å². The van der Waals surface area contributed by atoms with Gasteiger partial charge in [0.15, 0.2) is 0 Å². The van der Waals surface area contributed by atoms with Gasteiger partial charge in [0.1, 0.15) is 0 Å². The van der Waals surface area contributed by atoms with Crippen molar-refractivity contribution in [2.75, 3.05) is 0 Å². The van der Waals surface area contributed by atoms with Crippen molar-refractivity contribution in [3.63, 3.8) is 0 Å². The molecule has 3 heteroatoms. The number of hydrogen-bond donors (Lipinski definition) is 1. The predicted molar refractivity (Wildman–Crippen MR) is 64.4 cm³/mol. The van der Waals surface area contributed by atoms with Gasteiger partial charge in [-0.1, -0.05) is 0 Å². The van der Waals surface area contributed by atoms with Crippen LogP contribution in [-0.4, -0.2) is 14.8 Å². The maximum Gasteiger partial charge on any atom is 0.0746 e. The summed E-state index contributed by atoms with van der Waals surface area (Å²) in [4.78, 5) is 0. The minimum absolute atomic E-state index is 0.493. The van der Waals surface area contributed by atoms with Crippen molar-refractivity contribution >= 4 is 0 Å². The molecule has 0 unspecified atom stereocenters. The summed E-state index contributed by atoms with van der Waals surface area (Å²) in [5, 5.41) is 7.41. The molecule has 0 radical (unpaired) electrons. The molecular weight excluding hydrogens is 198 g/mol. The highest BCUT2D eigenvalue weighted by Crippen LogP contribution is 2.43. The minimum atomic E-state index is 0.493. The Kier molecular flexibility index (Phi) is 2.13. The topological polar surface area (TPSA) is 33.6 Å². The molecule has 16 heavy (non-hydrogen) atoms. The largest absolute Gasteiger partial charge is 0.345 e. The second kappa shape index (κ2) is 3.51. The van der Waals surface area contributed by atoms with E-state index in [1.54, 1.807) is 0 Å². The molecule has 1 aliphatic rings. The van der Waals surface area contributed by atoms with Crippen molar-refractivity contribution in [1.82, 2.24) is 14.8 Å². The van der Waals surface area contributed by atoms with Gasteiger partial charge in [-0.2, -0.15) is 5.10 Å². The monoisotopic (exact) mass is 215 g/mol. The molecule has 84 valence electrons. The first-order valence-corrected chi connectivity index (χ1v) is 5.98. The van der Waals surface area contributed by atoms with Crippen molar-refractivity contribution in [2.45, 2.75) is 38.6 Å². The van der Waals surface area contributed by atoms with Gasteiger partial charge in [-0.05, 0) is 38.8 Å². The number of rotatable bonds is 3. The molecule has 0 spiro atoms. The summed E-state index contributed by atoms with van der Waals surface area (Å²) >= 11 is 0. The number of nitrogens with zero attached hydrogens (tertiary/aromatic N) is 2. The van der Waals surface area contributed by atoms with E-state index in [0.29, 0.717) is 12.0 Å². The summed E-state index contributed by atoms with van der Waals surface area (Å²) in [5.74, 6) is 0.691. The Labute approximate surface area is 95.5 Å². The molecule has 0 bridgehead atoms. The summed E-state index contributed by atoms with van der Waals surface area (Å²) in [6.45, 7) is 4.42. The third-order valence-electron chi connectivity index (χ3n) is 3.25. The van der Waals surface area contributed by atoms with E-state index < -0.39 is 0 Å². The molecular formula is C13H17N3. The van der Waals surface area contributed by atoms with Crippen LogP contribution in [0.25, 0.3) is 11.3 Å². The summed E-state index contributed by atoms with van der Waals surface area (Å²) in [7, 11) is 0. The van der Waals surface area contributed by atoms with E-state index in [4.69, 9.17) is 0 Å². The molecule has 2 heterocycles. The summed E-state index contributed by atoms with van der Waals surface area (Å²) in [5.41, 5.74) is 3.81. The molecule has 1 aliphatic carbocycles. The van der Waals surface area contributed by atoms with E-state index in [9.17, 15) is 0 Å². The standard InChI is InChI=1S/C13H17N3/c1-9(2)16-7-3-4-12(16)11-8-14-15-13(11)10-5-6-10/h3-4,7-10H,5-6H2,1-2H3,(H,14,15). The van der Waals surface area contributed by atoms with Crippen LogP contribution in [0.1, 0.15) is 44.3 Å². The number of hydrogen-bond acceptors (Lipinski definition) is 1. The highest BCUT2D eigenvalue weighted by molar-refractivity contribution is 5.63. The van der Waals surface area contributed by atoms with Gasteiger partial charge in [0, 0.05) is 29.9 Å². The van der Waals surface area contributed by atoms with Gasteiger partial charge in [-0.15, -0.1) is 0 Å². The van der Waals surface area contributed by atoms with E-state index in [2.05, 4.69) is 46.9 Å². The second-order valence-corrected chi connectivity index (χ2v) is 4.85. The van der Waals surface area contributed by atoms with Gasteiger partial charge in [0.05, 0.1) is 11.4 Å². The molecule has 3 rings (SSSR count). The van der Waals surface area contributed by atoms with Crippen LogP contribution in [0.2, 0.25) is 0 Å². The second-order valence-electron chi connectivity index (χ2n) is 4.85. The van der Waals surface area contributed by atoms with Crippen molar-refractivity contribution in [2.24, 2.45) is 0 Å². The first kappa shape index (κ1) is 9.70. The van der Waals surface area contributed by atoms with Crippen molar-refractivity contribution in [3.05, 3.63) is 30.2 Å². The quantitative estimate of drug-likeness (QED) is 0.837. The van der Waals surface area contributed by atoms with Crippen LogP contribution >= 0.6 is 0 Å². The van der Waals surface area contributed by atoms with Gasteiger partial charge in [0.25, 0.3) is 0 Å². The first-order valence-electron chi connectivity index (χ1n) is 5.98. The van der Waals surface area contributed by atoms with Crippen LogP contribution in [-0.2, 0) is 0 Å². The van der Waals surface area contributed by atoms with Gasteiger partial charge >= 0.3 is 0 Å². The molecule has 0 amide bonds. The Morgan fingerprint density at radius 1 is 1.44 bits per heavy atom. The smallest absolute Gasteiger partial charge is 0.0746 e. The molecule has 2 aromatic heterocycles. The fraction of sp³-hybridized carbons (Fsp3) is 0.462. The van der Waals surface area contributed by atoms with Crippen LogP contribution in [0.4, 0.5) is 0 Å². The number of aromatic nitrogens is 3. The Balaban J connectivity index is 2.07. The van der Waals surface area contributed by atoms with Gasteiger partial charge in [-0.3, -0.25) is 5.10 Å². The minimum Gasteiger partial charge on any atom is -0.345 e. The third-order valence-corrected chi connectivity index (χ3v) is 3.25. The average molecular weight is 215 g/mol. The fourth-order valence-electron chi connectivity index (χ4n) is 2.25. The lowest BCUT2D eigenvalue weighted by molar-refractivity contribution is 0.609. The van der Waals surface area contributed by atoms with E-state index in [-0.39, 0.29) is 0 Å². The van der Waals surface area contributed by atoms with Gasteiger partial charge in [-0.25, -0.2) is 0 Å². The van der Waals surface area contributed by atoms with Crippen LogP contribution in [0.15, 0.2) is 24.5 Å². The summed E-state index contributed by atoms with van der Waals surface area (Å²) < 4.78 is 2.30. The number of aromatic amines is 1. The van der Waals surface area contributed by atoms with E-state index in [1.165, 1.54) is 29.8 Å². The highest BCUT2D eigenvalue weighted by atomic mass is 15.1. The SMILES string of the molecule is CC(C)n1cccc1-c1c[nH]nc1C1CC1. The van der Waals surface area contributed by atoms with Crippen LogP contribution in [0.3, 0.4) is 0 Å². The first-order chi connectivity index (χ1) is 7.77. The molecule has 0 aliphatic heterocycles. The average Bonchev–Trinajstić information content (AvgIpc) is 2.82. The molecule has 1 saturated carbocycles. The molecule has 1 fully saturated rings. The predicted octanol–water partition coefficient (Wildman–Crippen LogP) is 3.34. The van der Waals surface area contributed by atoms with Crippen molar-refractivity contribution in [3.8, 4) is 11.3 Å². The summed E-state index contributed by atoms with van der Waals surface area (Å²) in [6, 6.07) is 4.78. The van der Waals surface area contributed by atoms with Crippen molar-refractivity contribution in [1.29, 1.82) is 0 Å². The van der Waals surface area contributed by atoms with Crippen molar-refractivity contribution < 1.29 is 0 Å². The van der Waals surface area contributed by atoms with Gasteiger partial charge < -0.3 is 4.57 Å². The molecule has 0 aromatic carbocycles. The van der Waals surface area contributed by atoms with Crippen LogP contribution in [0.5, 0.6) is 0 Å². The normalized spacial score (nSPS) is 15.9. The lowest BCUT2D eigenvalue weighted by Crippen LogP contribution is -2.01. The molecule has 3 nitrogen and oxygen atoms in total. The maximum atomic E-state index is 4.40. The zero-order valence-corrected chi connectivity index (χ0v) is 9.77. The fourth-order valence-corrected chi connectivity index (χ4v) is 2.25. The van der Waals surface area contributed by atoms with Crippen LogP contribution in [0, 0.1) is 0 Å².